The monoisotopic (exact) mass is 325 g/mol. The predicted molar refractivity (Wildman–Crippen MR) is 95.1 cm³/mol. The summed E-state index contributed by atoms with van der Waals surface area (Å²) < 4.78 is 0. The molecule has 0 aliphatic carbocycles. The van der Waals surface area contributed by atoms with Crippen LogP contribution in [-0.4, -0.2) is 16.1 Å². The Morgan fingerprint density at radius 3 is 2.57 bits per heavy atom. The third-order valence-corrected chi connectivity index (χ3v) is 5.01. The van der Waals surface area contributed by atoms with E-state index >= 15 is 0 Å². The molecular weight excluding hydrogens is 306 g/mol. The molecule has 0 radical (unpaired) electrons. The molecule has 3 aromatic rings. The average molecular weight is 325 g/mol. The lowest BCUT2D eigenvalue weighted by Gasteiger charge is -2.06. The Kier molecular flexibility index (Phi) is 4.67. The minimum absolute atomic E-state index is 0.150. The molecule has 2 aromatic carbocycles. The summed E-state index contributed by atoms with van der Waals surface area (Å²) in [5.74, 6) is 0.266. The second-order valence-electron chi connectivity index (χ2n) is 5.47. The van der Waals surface area contributed by atoms with E-state index in [-0.39, 0.29) is 5.91 Å². The summed E-state index contributed by atoms with van der Waals surface area (Å²) in [7, 11) is 0. The third kappa shape index (κ3) is 3.40. The van der Waals surface area contributed by atoms with Crippen molar-refractivity contribution in [3.05, 3.63) is 53.0 Å². The zero-order valence-electron chi connectivity index (χ0n) is 13.2. The first-order valence-electron chi connectivity index (χ1n) is 7.84. The number of hydrogen-bond acceptors (Lipinski definition) is 4. The maximum absolute atomic E-state index is 12.4. The van der Waals surface area contributed by atoms with Crippen LogP contribution in [0.3, 0.4) is 0 Å². The molecule has 0 unspecified atom stereocenters. The summed E-state index contributed by atoms with van der Waals surface area (Å²) in [5, 5.41) is 14.9. The van der Waals surface area contributed by atoms with E-state index in [1.54, 1.807) is 0 Å². The van der Waals surface area contributed by atoms with Crippen LogP contribution in [0.2, 0.25) is 0 Å². The zero-order valence-corrected chi connectivity index (χ0v) is 14.1. The van der Waals surface area contributed by atoms with Gasteiger partial charge in [0.15, 0.2) is 0 Å². The number of fused-ring (bicyclic) bond motifs is 1. The molecule has 0 bridgehead atoms. The van der Waals surface area contributed by atoms with Crippen LogP contribution < -0.4 is 5.32 Å². The van der Waals surface area contributed by atoms with Gasteiger partial charge in [-0.05, 0) is 35.7 Å². The molecule has 0 saturated heterocycles. The van der Waals surface area contributed by atoms with Gasteiger partial charge in [0, 0.05) is 11.5 Å². The number of benzene rings is 2. The zero-order chi connectivity index (χ0) is 16.2. The summed E-state index contributed by atoms with van der Waals surface area (Å²) in [6.45, 7) is 4.28. The van der Waals surface area contributed by atoms with Crippen LogP contribution in [-0.2, 0) is 0 Å². The number of aromatic nitrogens is 2. The molecule has 0 aliphatic rings. The van der Waals surface area contributed by atoms with Crippen LogP contribution in [0.5, 0.6) is 0 Å². The van der Waals surface area contributed by atoms with Gasteiger partial charge in [0.1, 0.15) is 5.01 Å². The molecule has 0 fully saturated rings. The Morgan fingerprint density at radius 1 is 1.09 bits per heavy atom. The van der Waals surface area contributed by atoms with Gasteiger partial charge in [-0.3, -0.25) is 10.1 Å². The van der Waals surface area contributed by atoms with Crippen molar-refractivity contribution in [3.63, 3.8) is 0 Å². The molecule has 0 atom stereocenters. The van der Waals surface area contributed by atoms with Crippen molar-refractivity contribution in [2.45, 2.75) is 32.6 Å². The molecule has 1 aromatic heterocycles. The first kappa shape index (κ1) is 15.6. The molecule has 4 nitrogen and oxygen atoms in total. The van der Waals surface area contributed by atoms with E-state index in [2.05, 4.69) is 29.4 Å². The second-order valence-corrected chi connectivity index (χ2v) is 6.48. The van der Waals surface area contributed by atoms with E-state index in [0.29, 0.717) is 16.6 Å². The molecule has 5 heteroatoms. The van der Waals surface area contributed by atoms with Gasteiger partial charge in [-0.15, -0.1) is 10.2 Å². The number of nitrogens with one attached hydrogen (secondary N) is 1. The second kappa shape index (κ2) is 6.87. The molecule has 0 saturated carbocycles. The number of amides is 1. The van der Waals surface area contributed by atoms with Crippen molar-refractivity contribution < 1.29 is 4.79 Å². The highest BCUT2D eigenvalue weighted by Crippen LogP contribution is 2.28. The maximum atomic E-state index is 12.4. The Morgan fingerprint density at radius 2 is 1.83 bits per heavy atom. The third-order valence-electron chi connectivity index (χ3n) is 4.01. The first-order valence-corrected chi connectivity index (χ1v) is 8.66. The lowest BCUT2D eigenvalue weighted by atomic mass is 10.1. The Hall–Kier alpha value is -2.27. The van der Waals surface area contributed by atoms with Crippen LogP contribution in [0, 0.1) is 0 Å². The fourth-order valence-electron chi connectivity index (χ4n) is 2.59. The van der Waals surface area contributed by atoms with Crippen LogP contribution >= 0.6 is 11.3 Å². The summed E-state index contributed by atoms with van der Waals surface area (Å²) in [4.78, 5) is 12.4. The largest absolute Gasteiger partial charge is 0.296 e. The van der Waals surface area contributed by atoms with E-state index in [1.807, 2.05) is 42.5 Å². The molecule has 0 spiro atoms. The van der Waals surface area contributed by atoms with Gasteiger partial charge in [-0.1, -0.05) is 55.5 Å². The maximum Gasteiger partial charge on any atom is 0.257 e. The normalized spacial score (nSPS) is 11.1. The fourth-order valence-corrected chi connectivity index (χ4v) is 3.59. The van der Waals surface area contributed by atoms with Gasteiger partial charge in [0.05, 0.1) is 0 Å². The van der Waals surface area contributed by atoms with Crippen molar-refractivity contribution in [1.82, 2.24) is 10.2 Å². The van der Waals surface area contributed by atoms with Gasteiger partial charge < -0.3 is 0 Å². The van der Waals surface area contributed by atoms with Crippen molar-refractivity contribution >= 4 is 33.1 Å². The standard InChI is InChI=1S/C18H19N3OS/c1-3-12(4-2)17-20-21-18(23-17)19-16(22)15-10-9-13-7-5-6-8-14(13)11-15/h5-12H,3-4H2,1-2H3,(H,19,21,22). The van der Waals surface area contributed by atoms with Crippen LogP contribution in [0.4, 0.5) is 5.13 Å². The van der Waals surface area contributed by atoms with Crippen molar-refractivity contribution in [3.8, 4) is 0 Å². The molecule has 23 heavy (non-hydrogen) atoms. The number of anilines is 1. The van der Waals surface area contributed by atoms with E-state index in [0.717, 1.165) is 28.6 Å². The van der Waals surface area contributed by atoms with Gasteiger partial charge in [-0.25, -0.2) is 0 Å². The van der Waals surface area contributed by atoms with Crippen molar-refractivity contribution in [2.75, 3.05) is 5.32 Å². The lowest BCUT2D eigenvalue weighted by molar-refractivity contribution is 0.102. The molecule has 118 valence electrons. The van der Waals surface area contributed by atoms with Crippen molar-refractivity contribution in [2.24, 2.45) is 0 Å². The number of nitrogens with zero attached hydrogens (tertiary/aromatic N) is 2. The highest BCUT2D eigenvalue weighted by atomic mass is 32.1. The van der Waals surface area contributed by atoms with E-state index in [9.17, 15) is 4.79 Å². The first-order chi connectivity index (χ1) is 11.2. The minimum Gasteiger partial charge on any atom is -0.296 e. The van der Waals surface area contributed by atoms with Gasteiger partial charge in [0.2, 0.25) is 5.13 Å². The van der Waals surface area contributed by atoms with Gasteiger partial charge in [0.25, 0.3) is 5.91 Å². The van der Waals surface area contributed by atoms with Gasteiger partial charge >= 0.3 is 0 Å². The Bertz CT molecular complexity index is 824. The summed E-state index contributed by atoms with van der Waals surface area (Å²) in [5.41, 5.74) is 0.628. The molecule has 1 N–H and O–H groups in total. The fraction of sp³-hybridized carbons (Fsp3) is 0.278. The van der Waals surface area contributed by atoms with Crippen LogP contribution in [0.25, 0.3) is 10.8 Å². The Labute approximate surface area is 139 Å². The van der Waals surface area contributed by atoms with E-state index < -0.39 is 0 Å². The molecular formula is C18H19N3OS. The number of hydrogen-bond donors (Lipinski definition) is 1. The quantitative estimate of drug-likeness (QED) is 0.729. The average Bonchev–Trinajstić information content (AvgIpc) is 3.04. The Balaban J connectivity index is 1.78. The van der Waals surface area contributed by atoms with Crippen LogP contribution in [0.1, 0.15) is 48.0 Å². The molecule has 0 aliphatic heterocycles. The topological polar surface area (TPSA) is 54.9 Å². The molecule has 1 amide bonds. The smallest absolute Gasteiger partial charge is 0.257 e. The summed E-state index contributed by atoms with van der Waals surface area (Å²) >= 11 is 1.46. The molecule has 3 rings (SSSR count). The van der Waals surface area contributed by atoms with E-state index in [1.165, 1.54) is 11.3 Å². The lowest BCUT2D eigenvalue weighted by Crippen LogP contribution is -2.11. The highest BCUT2D eigenvalue weighted by molar-refractivity contribution is 7.15. The number of rotatable bonds is 5. The summed E-state index contributed by atoms with van der Waals surface area (Å²) in [6.07, 6.45) is 2.06. The SMILES string of the molecule is CCC(CC)c1nnc(NC(=O)c2ccc3ccccc3c2)s1. The minimum atomic E-state index is -0.150. The van der Waals surface area contributed by atoms with Gasteiger partial charge in [-0.2, -0.15) is 0 Å². The summed E-state index contributed by atoms with van der Waals surface area (Å²) in [6, 6.07) is 13.7. The highest BCUT2D eigenvalue weighted by Gasteiger charge is 2.15. The molecule has 1 heterocycles. The van der Waals surface area contributed by atoms with Crippen molar-refractivity contribution in [1.29, 1.82) is 0 Å². The van der Waals surface area contributed by atoms with Crippen LogP contribution in [0.15, 0.2) is 42.5 Å². The van der Waals surface area contributed by atoms with E-state index in [4.69, 9.17) is 0 Å². The predicted octanol–water partition coefficient (Wildman–Crippen LogP) is 4.85. The number of carbonyl (C=O) groups is 1. The number of carbonyl (C=O) groups excluding carboxylic acids is 1.